The zero-order valence-corrected chi connectivity index (χ0v) is 19.7. The number of nitrogens with zero attached hydrogens (tertiary/aromatic N) is 4. The van der Waals surface area contributed by atoms with Gasteiger partial charge in [-0.1, -0.05) is 42.1 Å². The van der Waals surface area contributed by atoms with Crippen molar-refractivity contribution in [2.24, 2.45) is 5.73 Å². The van der Waals surface area contributed by atoms with Crippen LogP contribution in [0.1, 0.15) is 15.9 Å². The maximum absolute atomic E-state index is 13.0. The zero-order chi connectivity index (χ0) is 24.3. The number of fused-ring (bicyclic) bond motifs is 1. The quantitative estimate of drug-likeness (QED) is 0.515. The van der Waals surface area contributed by atoms with Crippen LogP contribution >= 0.6 is 11.8 Å². The number of pyridine rings is 1. The van der Waals surface area contributed by atoms with Crippen molar-refractivity contribution in [1.29, 1.82) is 5.26 Å². The first kappa shape index (κ1) is 23.7. The molecule has 3 aromatic rings. The molecule has 4 rings (SSSR count). The molecule has 0 aliphatic carbocycles. The number of primary amides is 1. The number of hydrogen-bond donors (Lipinski definition) is 1. The van der Waals surface area contributed by atoms with Crippen LogP contribution in [0.15, 0.2) is 64.5 Å². The number of amides is 2. The number of nitrogens with two attached hydrogens (primary N) is 1. The van der Waals surface area contributed by atoms with Crippen LogP contribution in [0, 0.1) is 11.3 Å². The normalized spacial score (nSPS) is 14.6. The summed E-state index contributed by atoms with van der Waals surface area (Å²) in [6, 6.07) is 16.7. The van der Waals surface area contributed by atoms with Gasteiger partial charge in [0.05, 0.1) is 32.3 Å². The second kappa shape index (κ2) is 9.80. The van der Waals surface area contributed by atoms with Crippen LogP contribution in [0.4, 0.5) is 0 Å². The largest absolute Gasteiger partial charge is 0.366 e. The number of para-hydroxylation sites is 1. The third-order valence-corrected chi connectivity index (χ3v) is 8.37. The molecule has 1 aliphatic heterocycles. The number of benzene rings is 2. The first-order valence-electron chi connectivity index (χ1n) is 10.4. The fourth-order valence-electron chi connectivity index (χ4n) is 3.76. The Labute approximate surface area is 201 Å². The van der Waals surface area contributed by atoms with E-state index in [9.17, 15) is 23.3 Å². The predicted molar refractivity (Wildman–Crippen MR) is 127 cm³/mol. The van der Waals surface area contributed by atoms with E-state index < -0.39 is 15.9 Å². The van der Waals surface area contributed by atoms with E-state index in [1.165, 1.54) is 28.2 Å². The van der Waals surface area contributed by atoms with Crippen molar-refractivity contribution in [3.8, 4) is 6.07 Å². The van der Waals surface area contributed by atoms with Gasteiger partial charge < -0.3 is 10.6 Å². The molecule has 0 bridgehead atoms. The molecule has 2 aromatic carbocycles. The lowest BCUT2D eigenvalue weighted by Gasteiger charge is -2.34. The number of aromatic nitrogens is 1. The summed E-state index contributed by atoms with van der Waals surface area (Å²) in [7, 11) is -3.83. The van der Waals surface area contributed by atoms with Gasteiger partial charge in [-0.2, -0.15) is 9.57 Å². The highest BCUT2D eigenvalue weighted by atomic mass is 32.2. The van der Waals surface area contributed by atoms with Crippen LogP contribution in [-0.2, 0) is 14.8 Å². The van der Waals surface area contributed by atoms with Crippen molar-refractivity contribution in [3.05, 3.63) is 65.7 Å². The van der Waals surface area contributed by atoms with Gasteiger partial charge in [-0.25, -0.2) is 13.4 Å². The van der Waals surface area contributed by atoms with Crippen LogP contribution in [0.5, 0.6) is 0 Å². The van der Waals surface area contributed by atoms with Gasteiger partial charge in [0.1, 0.15) is 6.07 Å². The van der Waals surface area contributed by atoms with Crippen LogP contribution in [0.2, 0.25) is 0 Å². The fraction of sp³-hybridized carbons (Fsp3) is 0.217. The molecule has 9 nitrogen and oxygen atoms in total. The van der Waals surface area contributed by atoms with E-state index >= 15 is 0 Å². The predicted octanol–water partition coefficient (Wildman–Crippen LogP) is 1.83. The van der Waals surface area contributed by atoms with Gasteiger partial charge in [-0.3, -0.25) is 9.59 Å². The summed E-state index contributed by atoms with van der Waals surface area (Å²) in [4.78, 5) is 30.7. The van der Waals surface area contributed by atoms with E-state index in [1.807, 2.05) is 12.1 Å². The number of hydrogen-bond acceptors (Lipinski definition) is 7. The van der Waals surface area contributed by atoms with Crippen molar-refractivity contribution in [1.82, 2.24) is 14.2 Å². The standard InChI is InChI=1S/C23H21N5O4S2/c24-14-16-5-1-4-8-20(16)34(31,32)28-11-9-27(10-12-28)22(29)15-33-21-13-18(23(25)30)17-6-2-3-7-19(17)26-21/h1-8,13H,9-12,15H2,(H2,25,30). The SMILES string of the molecule is N#Cc1ccccc1S(=O)(=O)N1CCN(C(=O)CSc2cc(C(N)=O)c3ccccc3n2)CC1. The second-order valence-corrected chi connectivity index (χ2v) is 10.5. The monoisotopic (exact) mass is 495 g/mol. The Morgan fingerprint density at radius 3 is 2.44 bits per heavy atom. The lowest BCUT2D eigenvalue weighted by Crippen LogP contribution is -2.51. The molecular formula is C23H21N5O4S2. The Morgan fingerprint density at radius 1 is 1.06 bits per heavy atom. The van der Waals surface area contributed by atoms with Crippen molar-refractivity contribution in [2.45, 2.75) is 9.92 Å². The second-order valence-electron chi connectivity index (χ2n) is 7.57. The average molecular weight is 496 g/mol. The van der Waals surface area contributed by atoms with E-state index in [4.69, 9.17) is 5.73 Å². The van der Waals surface area contributed by atoms with Gasteiger partial charge >= 0.3 is 0 Å². The summed E-state index contributed by atoms with van der Waals surface area (Å²) in [6.07, 6.45) is 0. The van der Waals surface area contributed by atoms with Crippen LogP contribution < -0.4 is 5.73 Å². The minimum Gasteiger partial charge on any atom is -0.366 e. The molecule has 2 heterocycles. The van der Waals surface area contributed by atoms with Crippen LogP contribution in [0.3, 0.4) is 0 Å². The molecule has 0 unspecified atom stereocenters. The first-order valence-corrected chi connectivity index (χ1v) is 12.8. The third kappa shape index (κ3) is 4.75. The summed E-state index contributed by atoms with van der Waals surface area (Å²) in [5.41, 5.74) is 6.56. The number of thioether (sulfide) groups is 1. The fourth-order valence-corrected chi connectivity index (χ4v) is 6.14. The minimum atomic E-state index is -3.83. The Morgan fingerprint density at radius 2 is 1.74 bits per heavy atom. The maximum atomic E-state index is 13.0. The van der Waals surface area contributed by atoms with Crippen LogP contribution in [0.25, 0.3) is 10.9 Å². The van der Waals surface area contributed by atoms with E-state index in [0.717, 1.165) is 0 Å². The van der Waals surface area contributed by atoms with Gasteiger partial charge in [0.15, 0.2) is 0 Å². The molecule has 1 fully saturated rings. The molecule has 0 spiro atoms. The van der Waals surface area contributed by atoms with Gasteiger partial charge in [-0.05, 0) is 24.3 Å². The van der Waals surface area contributed by atoms with Crippen molar-refractivity contribution in [2.75, 3.05) is 31.9 Å². The summed E-state index contributed by atoms with van der Waals surface area (Å²) < 4.78 is 27.2. The van der Waals surface area contributed by atoms with Crippen molar-refractivity contribution >= 4 is 44.5 Å². The topological polar surface area (TPSA) is 137 Å². The molecule has 1 aliphatic rings. The average Bonchev–Trinajstić information content (AvgIpc) is 2.86. The number of nitriles is 1. The third-order valence-electron chi connectivity index (χ3n) is 5.52. The van der Waals surface area contributed by atoms with Crippen LogP contribution in [-0.4, -0.2) is 66.4 Å². The summed E-state index contributed by atoms with van der Waals surface area (Å²) in [5, 5.41) is 10.4. The number of sulfonamides is 1. The first-order chi connectivity index (χ1) is 16.3. The Kier molecular flexibility index (Phi) is 6.83. The number of carbonyl (C=O) groups excluding carboxylic acids is 2. The number of carbonyl (C=O) groups is 2. The van der Waals surface area contributed by atoms with E-state index in [0.29, 0.717) is 21.5 Å². The highest BCUT2D eigenvalue weighted by Crippen LogP contribution is 2.25. The molecular weight excluding hydrogens is 474 g/mol. The summed E-state index contributed by atoms with van der Waals surface area (Å²) >= 11 is 1.20. The van der Waals surface area contributed by atoms with Crippen molar-refractivity contribution < 1.29 is 18.0 Å². The minimum absolute atomic E-state index is 0.0273. The van der Waals surface area contributed by atoms with E-state index in [-0.39, 0.29) is 48.3 Å². The molecule has 174 valence electrons. The lowest BCUT2D eigenvalue weighted by molar-refractivity contribution is -0.129. The van der Waals surface area contributed by atoms with Crippen molar-refractivity contribution in [3.63, 3.8) is 0 Å². The smallest absolute Gasteiger partial charge is 0.249 e. The van der Waals surface area contributed by atoms with E-state index in [1.54, 1.807) is 41.3 Å². The molecule has 1 aromatic heterocycles. The molecule has 2 N–H and O–H groups in total. The van der Waals surface area contributed by atoms with Gasteiger partial charge in [0, 0.05) is 31.6 Å². The molecule has 0 atom stereocenters. The van der Waals surface area contributed by atoms with E-state index in [2.05, 4.69) is 4.98 Å². The number of piperazine rings is 1. The van der Waals surface area contributed by atoms with Gasteiger partial charge in [0.25, 0.3) is 0 Å². The maximum Gasteiger partial charge on any atom is 0.249 e. The Bertz CT molecular complexity index is 1410. The van der Waals surface area contributed by atoms with Gasteiger partial charge in [-0.15, -0.1) is 0 Å². The molecule has 1 saturated heterocycles. The van der Waals surface area contributed by atoms with Gasteiger partial charge in [0.2, 0.25) is 21.8 Å². The highest BCUT2D eigenvalue weighted by molar-refractivity contribution is 7.99. The molecule has 11 heteroatoms. The highest BCUT2D eigenvalue weighted by Gasteiger charge is 2.31. The summed E-state index contributed by atoms with van der Waals surface area (Å²) in [6.45, 7) is 0.757. The molecule has 0 radical (unpaired) electrons. The Hall–Kier alpha value is -3.46. The summed E-state index contributed by atoms with van der Waals surface area (Å²) in [5.74, 6) is -0.634. The Balaban J connectivity index is 1.40. The number of rotatable bonds is 6. The molecule has 0 saturated carbocycles. The zero-order valence-electron chi connectivity index (χ0n) is 18.0. The molecule has 34 heavy (non-hydrogen) atoms. The molecule has 2 amide bonds. The lowest BCUT2D eigenvalue weighted by atomic mass is 10.1.